The Labute approximate surface area is 145 Å². The van der Waals surface area contributed by atoms with Gasteiger partial charge in [-0.1, -0.05) is 0 Å². The van der Waals surface area contributed by atoms with Gasteiger partial charge in [0.1, 0.15) is 5.84 Å². The second-order valence-corrected chi connectivity index (χ2v) is 8.04. The predicted octanol–water partition coefficient (Wildman–Crippen LogP) is 3.27. The van der Waals surface area contributed by atoms with Gasteiger partial charge >= 0.3 is 7.60 Å². The van der Waals surface area contributed by atoms with E-state index >= 15 is 0 Å². The van der Waals surface area contributed by atoms with Crippen LogP contribution in [0, 0.1) is 0 Å². The fourth-order valence-corrected chi connectivity index (χ4v) is 4.71. The first kappa shape index (κ1) is 23.0. The summed E-state index contributed by atoms with van der Waals surface area (Å²) in [5, 5.41) is 0. The van der Waals surface area contributed by atoms with Crippen molar-refractivity contribution in [1.29, 1.82) is 0 Å². The molecule has 1 unspecified atom stereocenters. The molecular formula is C16H31N2O5P. The molecule has 0 radical (unpaired) electrons. The highest BCUT2D eigenvalue weighted by atomic mass is 31.2. The normalized spacial score (nSPS) is 14.2. The zero-order valence-corrected chi connectivity index (χ0v) is 16.9. The molecule has 140 valence electrons. The number of amidine groups is 1. The molecule has 0 aromatic carbocycles. The number of aliphatic imine (C=N–C) groups is 1. The summed E-state index contributed by atoms with van der Waals surface area (Å²) in [6, 6.07) is 0. The highest BCUT2D eigenvalue weighted by Gasteiger charge is 2.46. The molecule has 8 heteroatoms. The smallest absolute Gasteiger partial charge is 0.349 e. The zero-order chi connectivity index (χ0) is 19.1. The third-order valence-corrected chi connectivity index (χ3v) is 5.68. The van der Waals surface area contributed by atoms with Crippen molar-refractivity contribution >= 4 is 25.1 Å². The van der Waals surface area contributed by atoms with Crippen molar-refractivity contribution in [2.24, 2.45) is 4.99 Å². The van der Waals surface area contributed by atoms with Crippen molar-refractivity contribution in [2.45, 2.75) is 73.3 Å². The second kappa shape index (κ2) is 10.1. The average Bonchev–Trinajstić information content (AvgIpc) is 2.36. The first-order valence-electron chi connectivity index (χ1n) is 8.29. The van der Waals surface area contributed by atoms with E-state index < -0.39 is 37.2 Å². The van der Waals surface area contributed by atoms with Crippen molar-refractivity contribution in [3.05, 3.63) is 0 Å². The summed E-state index contributed by atoms with van der Waals surface area (Å²) < 4.78 is 24.6. The molecular weight excluding hydrogens is 331 g/mol. The van der Waals surface area contributed by atoms with Crippen LogP contribution in [0.5, 0.6) is 0 Å². The van der Waals surface area contributed by atoms with E-state index in [-0.39, 0.29) is 5.84 Å². The number of nitrogens with zero attached hydrogens (tertiary/aromatic N) is 2. The molecule has 1 atom stereocenters. The fourth-order valence-electron chi connectivity index (χ4n) is 2.29. The van der Waals surface area contributed by atoms with Gasteiger partial charge in [-0.25, -0.2) is 0 Å². The lowest BCUT2D eigenvalue weighted by Crippen LogP contribution is -2.44. The Kier molecular flexibility index (Phi) is 9.63. The number of carbonyl (C=O) groups excluding carboxylic acids is 2. The highest BCUT2D eigenvalue weighted by molar-refractivity contribution is 7.57. The Morgan fingerprint density at radius 3 is 1.67 bits per heavy atom. The molecule has 0 spiro atoms. The maximum Gasteiger partial charge on any atom is 0.349 e. The lowest BCUT2D eigenvalue weighted by molar-refractivity contribution is -0.116. The Morgan fingerprint density at radius 2 is 1.42 bits per heavy atom. The summed E-state index contributed by atoms with van der Waals surface area (Å²) in [5.41, 5.74) is -1.23. The Balaban J connectivity index is 6.29. The fraction of sp³-hybridized carbons (Fsp3) is 0.812. The van der Waals surface area contributed by atoms with Gasteiger partial charge in [0.2, 0.25) is 5.91 Å². The van der Waals surface area contributed by atoms with Crippen LogP contribution in [0.25, 0.3) is 0 Å². The van der Waals surface area contributed by atoms with Crippen LogP contribution in [-0.2, 0) is 23.2 Å². The molecule has 0 aliphatic carbocycles. The summed E-state index contributed by atoms with van der Waals surface area (Å²) in [6.07, 6.45) is -0.821. The Hall–Kier alpha value is -1.04. The van der Waals surface area contributed by atoms with Crippen molar-refractivity contribution in [3.8, 4) is 0 Å². The van der Waals surface area contributed by atoms with Crippen molar-refractivity contribution < 1.29 is 23.2 Å². The molecule has 0 heterocycles. The van der Waals surface area contributed by atoms with E-state index in [1.54, 1.807) is 32.6 Å². The molecule has 0 aliphatic heterocycles. The number of ketones is 1. The first-order valence-corrected chi connectivity index (χ1v) is 9.90. The van der Waals surface area contributed by atoms with Gasteiger partial charge in [0, 0.05) is 20.0 Å². The minimum absolute atomic E-state index is 0.143. The van der Waals surface area contributed by atoms with Gasteiger partial charge in [-0.3, -0.25) is 14.2 Å². The number of amides is 1. The molecule has 0 N–H and O–H groups in total. The van der Waals surface area contributed by atoms with Gasteiger partial charge in [0.15, 0.2) is 11.4 Å². The van der Waals surface area contributed by atoms with E-state index in [1.807, 2.05) is 13.8 Å². The summed E-state index contributed by atoms with van der Waals surface area (Å²) in [6.45, 7) is 14.2. The van der Waals surface area contributed by atoms with E-state index in [2.05, 4.69) is 4.99 Å². The van der Waals surface area contributed by atoms with Crippen LogP contribution < -0.4 is 0 Å². The van der Waals surface area contributed by atoms with Gasteiger partial charge in [-0.2, -0.15) is 4.99 Å². The first-order chi connectivity index (χ1) is 11.0. The Morgan fingerprint density at radius 1 is 1.00 bits per heavy atom. The zero-order valence-electron chi connectivity index (χ0n) is 16.0. The molecule has 0 bridgehead atoms. The van der Waals surface area contributed by atoms with Crippen LogP contribution in [0.3, 0.4) is 0 Å². The van der Waals surface area contributed by atoms with E-state index in [0.29, 0.717) is 13.1 Å². The molecule has 0 saturated heterocycles. The van der Waals surface area contributed by atoms with Gasteiger partial charge in [0.25, 0.3) is 0 Å². The van der Waals surface area contributed by atoms with Crippen LogP contribution >= 0.6 is 7.60 Å². The lowest BCUT2D eigenvalue weighted by atomic mass is 10.2. The number of rotatable bonds is 9. The number of hydrogen-bond acceptors (Lipinski definition) is 5. The number of Topliss-reactive ketones (excluding diaryl/α,β-unsaturated/α-hetero) is 1. The largest absolute Gasteiger partial charge is 0.359 e. The third-order valence-electron chi connectivity index (χ3n) is 3.02. The molecule has 1 amide bonds. The van der Waals surface area contributed by atoms with Gasteiger partial charge < -0.3 is 13.9 Å². The van der Waals surface area contributed by atoms with E-state index in [4.69, 9.17) is 9.05 Å². The predicted molar refractivity (Wildman–Crippen MR) is 95.6 cm³/mol. The van der Waals surface area contributed by atoms with Gasteiger partial charge in [-0.15, -0.1) is 0 Å². The van der Waals surface area contributed by atoms with Crippen LogP contribution in [-0.4, -0.2) is 53.4 Å². The maximum atomic E-state index is 13.5. The van der Waals surface area contributed by atoms with E-state index in [0.717, 1.165) is 0 Å². The summed E-state index contributed by atoms with van der Waals surface area (Å²) in [7, 11) is -3.86. The van der Waals surface area contributed by atoms with Crippen molar-refractivity contribution in [2.75, 3.05) is 13.1 Å². The summed E-state index contributed by atoms with van der Waals surface area (Å²) in [4.78, 5) is 29.7. The SMILES string of the molecule is CCN(CC)C(=NC(C)=O)C(C(C)=O)P(=O)(OC(C)C)OC(C)C. The van der Waals surface area contributed by atoms with Crippen LogP contribution in [0.15, 0.2) is 4.99 Å². The highest BCUT2D eigenvalue weighted by Crippen LogP contribution is 2.56. The quantitative estimate of drug-likeness (QED) is 0.355. The van der Waals surface area contributed by atoms with Crippen LogP contribution in [0.1, 0.15) is 55.4 Å². The molecule has 0 rings (SSSR count). The molecule has 24 heavy (non-hydrogen) atoms. The maximum absolute atomic E-state index is 13.5. The number of carbonyl (C=O) groups is 2. The standard InChI is InChI=1S/C16H31N2O5P/c1-9-18(10-2)16(17-14(8)20)15(13(7)19)24(21,22-11(3)4)23-12(5)6/h11-12,15H,9-10H2,1-8H3. The van der Waals surface area contributed by atoms with Crippen LogP contribution in [0.4, 0.5) is 0 Å². The monoisotopic (exact) mass is 362 g/mol. The van der Waals surface area contributed by atoms with Gasteiger partial charge in [-0.05, 0) is 48.5 Å². The minimum atomic E-state index is -3.86. The third kappa shape index (κ3) is 6.83. The Bertz CT molecular complexity index is 499. The summed E-state index contributed by atoms with van der Waals surface area (Å²) >= 11 is 0. The van der Waals surface area contributed by atoms with E-state index in [1.165, 1.54) is 13.8 Å². The number of hydrogen-bond donors (Lipinski definition) is 0. The molecule has 0 aromatic heterocycles. The van der Waals surface area contributed by atoms with Gasteiger partial charge in [0.05, 0.1) is 12.2 Å². The molecule has 0 aromatic rings. The topological polar surface area (TPSA) is 85.3 Å². The van der Waals surface area contributed by atoms with Crippen molar-refractivity contribution in [3.63, 3.8) is 0 Å². The van der Waals surface area contributed by atoms with Crippen LogP contribution in [0.2, 0.25) is 0 Å². The second-order valence-electron chi connectivity index (χ2n) is 6.02. The molecule has 0 aliphatic rings. The summed E-state index contributed by atoms with van der Waals surface area (Å²) in [5.74, 6) is -0.736. The van der Waals surface area contributed by atoms with Crippen molar-refractivity contribution in [1.82, 2.24) is 4.90 Å². The minimum Gasteiger partial charge on any atom is -0.359 e. The lowest BCUT2D eigenvalue weighted by Gasteiger charge is -2.33. The molecule has 7 nitrogen and oxygen atoms in total. The van der Waals surface area contributed by atoms with E-state index in [9.17, 15) is 14.2 Å². The average molecular weight is 362 g/mol. The molecule has 0 saturated carbocycles. The molecule has 0 fully saturated rings.